The molecule has 0 spiro atoms. The SMILES string of the molecule is COC(=O)C1=C(CN2CC(F)(F)[C@@H]3C(=O)N(CC(C)(C)C(=O)O)C[C@@H]32)NC(c2ncoc2C)=N[C@H]1c1ccc(F)cc1Cl. The summed E-state index contributed by atoms with van der Waals surface area (Å²) >= 11 is 6.38. The number of rotatable bonds is 8. The summed E-state index contributed by atoms with van der Waals surface area (Å²) in [5.74, 6) is -8.05. The van der Waals surface area contributed by atoms with E-state index in [1.165, 1.54) is 31.2 Å². The summed E-state index contributed by atoms with van der Waals surface area (Å²) in [5, 5.41) is 12.5. The van der Waals surface area contributed by atoms with Crippen LogP contribution in [0.3, 0.4) is 0 Å². The second-order valence-corrected chi connectivity index (χ2v) is 11.8. The van der Waals surface area contributed by atoms with Crippen molar-refractivity contribution in [3.05, 3.63) is 63.7 Å². The Hall–Kier alpha value is -3.91. The Morgan fingerprint density at radius 3 is 2.65 bits per heavy atom. The van der Waals surface area contributed by atoms with Gasteiger partial charge in [0.25, 0.3) is 5.92 Å². The summed E-state index contributed by atoms with van der Waals surface area (Å²) in [7, 11) is 1.15. The number of halogens is 4. The fraction of sp³-hybridized carbons (Fsp3) is 0.464. The van der Waals surface area contributed by atoms with E-state index in [0.717, 1.165) is 24.1 Å². The number of nitrogens with one attached hydrogen (secondary N) is 1. The zero-order chi connectivity index (χ0) is 31.4. The molecule has 3 aliphatic rings. The summed E-state index contributed by atoms with van der Waals surface area (Å²) in [6.45, 7) is 3.03. The summed E-state index contributed by atoms with van der Waals surface area (Å²) in [6.07, 6.45) is 1.19. The minimum atomic E-state index is -3.43. The van der Waals surface area contributed by atoms with Gasteiger partial charge in [0.15, 0.2) is 12.2 Å². The summed E-state index contributed by atoms with van der Waals surface area (Å²) in [5.41, 5.74) is -0.738. The van der Waals surface area contributed by atoms with E-state index in [0.29, 0.717) is 5.76 Å². The molecule has 2 saturated heterocycles. The maximum absolute atomic E-state index is 15.4. The molecule has 1 aromatic carbocycles. The van der Waals surface area contributed by atoms with E-state index in [2.05, 4.69) is 15.3 Å². The molecule has 1 amide bonds. The van der Waals surface area contributed by atoms with Gasteiger partial charge in [0.05, 0.1) is 24.6 Å². The highest BCUT2D eigenvalue weighted by atomic mass is 35.5. The van der Waals surface area contributed by atoms with Crippen molar-refractivity contribution in [2.45, 2.75) is 38.8 Å². The number of amidine groups is 1. The molecule has 0 aliphatic carbocycles. The highest BCUT2D eigenvalue weighted by molar-refractivity contribution is 6.31. The van der Waals surface area contributed by atoms with Crippen LogP contribution in [0.1, 0.15) is 36.9 Å². The molecule has 3 aliphatic heterocycles. The van der Waals surface area contributed by atoms with Crippen LogP contribution in [0.4, 0.5) is 13.2 Å². The molecular formula is C28H29ClF3N5O6. The fourth-order valence-corrected chi connectivity index (χ4v) is 6.06. The number of alkyl halides is 2. The van der Waals surface area contributed by atoms with Crippen LogP contribution in [0, 0.1) is 24.1 Å². The minimum Gasteiger partial charge on any atom is -0.481 e. The van der Waals surface area contributed by atoms with Gasteiger partial charge in [-0.05, 0) is 32.9 Å². The number of oxazole rings is 1. The van der Waals surface area contributed by atoms with Crippen LogP contribution in [0.15, 0.2) is 45.3 Å². The number of hydrogen-bond donors (Lipinski definition) is 2. The van der Waals surface area contributed by atoms with Crippen molar-refractivity contribution in [3.63, 3.8) is 0 Å². The zero-order valence-corrected chi connectivity index (χ0v) is 24.4. The van der Waals surface area contributed by atoms with E-state index in [1.54, 1.807) is 6.92 Å². The number of carboxylic acid groups (broad SMARTS) is 1. The van der Waals surface area contributed by atoms with Crippen molar-refractivity contribution in [2.75, 3.05) is 33.3 Å². The molecule has 0 radical (unpaired) electrons. The lowest BCUT2D eigenvalue weighted by Crippen LogP contribution is -2.45. The minimum absolute atomic E-state index is 0.0292. The number of carboxylic acids is 1. The Balaban J connectivity index is 1.56. The molecule has 0 bridgehead atoms. The second kappa shape index (κ2) is 11.0. The van der Waals surface area contributed by atoms with Gasteiger partial charge in [-0.1, -0.05) is 17.7 Å². The summed E-state index contributed by atoms with van der Waals surface area (Å²) in [4.78, 5) is 49.4. The standard InChI is InChI=1S/C28H29ClF3N5O6/c1-13-21(33-12-43-13)23-34-17(19(25(39)42-4)22(35-23)15-6-5-14(30)7-16(15)29)8-36-11-28(31,32)20-18(36)9-37(24(20)38)10-27(2,3)26(40)41/h5-7,12,18,20,22H,8-11H2,1-4H3,(H,34,35)(H,40,41)/t18-,20-,22-/m0/s1. The van der Waals surface area contributed by atoms with Crippen LogP contribution in [-0.2, 0) is 19.1 Å². The number of aliphatic imine (C=N–C) groups is 1. The second-order valence-electron chi connectivity index (χ2n) is 11.4. The number of fused-ring (bicyclic) bond motifs is 1. The van der Waals surface area contributed by atoms with E-state index in [-0.39, 0.29) is 53.0 Å². The quantitative estimate of drug-likeness (QED) is 0.425. The van der Waals surface area contributed by atoms with Gasteiger partial charge in [0, 0.05) is 42.0 Å². The third-order valence-corrected chi connectivity index (χ3v) is 8.32. The van der Waals surface area contributed by atoms with E-state index in [1.807, 2.05) is 0 Å². The van der Waals surface area contributed by atoms with Crippen LogP contribution in [0.2, 0.25) is 5.02 Å². The first-order valence-corrected chi connectivity index (χ1v) is 13.7. The number of aliphatic carboxylic acids is 1. The molecule has 2 aromatic rings. The fourth-order valence-electron chi connectivity index (χ4n) is 5.79. The first-order chi connectivity index (χ1) is 20.1. The van der Waals surface area contributed by atoms with E-state index in [9.17, 15) is 23.9 Å². The maximum Gasteiger partial charge on any atom is 0.338 e. The molecular weight excluding hydrogens is 595 g/mol. The van der Waals surface area contributed by atoms with E-state index < -0.39 is 59.5 Å². The molecule has 2 fully saturated rings. The number of benzene rings is 1. The van der Waals surface area contributed by atoms with Crippen molar-refractivity contribution < 1.29 is 41.8 Å². The number of carbonyl (C=O) groups excluding carboxylic acids is 2. The lowest BCUT2D eigenvalue weighted by molar-refractivity contribution is -0.150. The lowest BCUT2D eigenvalue weighted by Gasteiger charge is -2.32. The van der Waals surface area contributed by atoms with Crippen LogP contribution < -0.4 is 5.32 Å². The van der Waals surface area contributed by atoms with Gasteiger partial charge in [-0.25, -0.2) is 22.9 Å². The Morgan fingerprint density at radius 1 is 1.33 bits per heavy atom. The van der Waals surface area contributed by atoms with Crippen molar-refractivity contribution >= 4 is 35.3 Å². The van der Waals surface area contributed by atoms with E-state index in [4.69, 9.17) is 20.8 Å². The molecule has 230 valence electrons. The average Bonchev–Trinajstić information content (AvgIpc) is 3.57. The number of methoxy groups -OCH3 is 1. The zero-order valence-electron chi connectivity index (χ0n) is 23.7. The molecule has 43 heavy (non-hydrogen) atoms. The molecule has 4 heterocycles. The molecule has 1 aromatic heterocycles. The summed E-state index contributed by atoms with van der Waals surface area (Å²) < 4.78 is 55.1. The van der Waals surface area contributed by atoms with Gasteiger partial charge in [-0.2, -0.15) is 0 Å². The number of ether oxygens (including phenoxy) is 1. The van der Waals surface area contributed by atoms with Gasteiger partial charge in [-0.15, -0.1) is 0 Å². The smallest absolute Gasteiger partial charge is 0.338 e. The number of hydrogen-bond acceptors (Lipinski definition) is 9. The molecule has 3 atom stereocenters. The predicted molar refractivity (Wildman–Crippen MR) is 146 cm³/mol. The third-order valence-electron chi connectivity index (χ3n) is 7.99. The van der Waals surface area contributed by atoms with Crippen molar-refractivity contribution in [1.82, 2.24) is 20.1 Å². The van der Waals surface area contributed by atoms with Crippen LogP contribution in [0.5, 0.6) is 0 Å². The Kier molecular flexibility index (Phi) is 7.80. The first kappa shape index (κ1) is 30.5. The number of aromatic nitrogens is 1. The molecule has 0 saturated carbocycles. The predicted octanol–water partition coefficient (Wildman–Crippen LogP) is 3.18. The number of aryl methyl sites for hydroxylation is 1. The van der Waals surface area contributed by atoms with Gasteiger partial charge in [-0.3, -0.25) is 19.5 Å². The molecule has 2 N–H and O–H groups in total. The van der Waals surface area contributed by atoms with E-state index >= 15 is 8.78 Å². The number of carbonyl (C=O) groups is 3. The van der Waals surface area contributed by atoms with Gasteiger partial charge < -0.3 is 24.5 Å². The largest absolute Gasteiger partial charge is 0.481 e. The lowest BCUT2D eigenvalue weighted by atomic mass is 9.93. The average molecular weight is 624 g/mol. The van der Waals surface area contributed by atoms with Gasteiger partial charge >= 0.3 is 11.9 Å². The van der Waals surface area contributed by atoms with Crippen LogP contribution >= 0.6 is 11.6 Å². The molecule has 15 heteroatoms. The summed E-state index contributed by atoms with van der Waals surface area (Å²) in [6, 6.07) is 1.46. The molecule has 5 rings (SSSR count). The highest BCUT2D eigenvalue weighted by Gasteiger charge is 2.63. The van der Waals surface area contributed by atoms with Crippen molar-refractivity contribution in [1.29, 1.82) is 0 Å². The van der Waals surface area contributed by atoms with Crippen molar-refractivity contribution in [2.24, 2.45) is 16.3 Å². The van der Waals surface area contributed by atoms with Gasteiger partial charge in [0.2, 0.25) is 5.91 Å². The maximum atomic E-state index is 15.4. The molecule has 0 unspecified atom stereocenters. The number of nitrogens with zero attached hydrogens (tertiary/aromatic N) is 4. The Morgan fingerprint density at radius 2 is 2.05 bits per heavy atom. The monoisotopic (exact) mass is 623 g/mol. The third kappa shape index (κ3) is 5.49. The van der Waals surface area contributed by atoms with Crippen LogP contribution in [-0.4, -0.2) is 88.8 Å². The van der Waals surface area contributed by atoms with Gasteiger partial charge in [0.1, 0.15) is 29.2 Å². The Labute approximate surface area is 249 Å². The van der Waals surface area contributed by atoms with Crippen molar-refractivity contribution in [3.8, 4) is 0 Å². The highest BCUT2D eigenvalue weighted by Crippen LogP contribution is 2.45. The van der Waals surface area contributed by atoms with Crippen LogP contribution in [0.25, 0.3) is 0 Å². The first-order valence-electron chi connectivity index (χ1n) is 13.3. The normalized spacial score (nSPS) is 23.7. The topological polar surface area (TPSA) is 138 Å². The number of amides is 1. The number of likely N-dealkylation sites (tertiary alicyclic amines) is 2. The molecule has 11 nitrogen and oxygen atoms in total. The Bertz CT molecular complexity index is 1560. The number of esters is 1.